The van der Waals surface area contributed by atoms with Crippen molar-refractivity contribution in [3.63, 3.8) is 0 Å². The molecular formula is C16H15BrN2O5S. The van der Waals surface area contributed by atoms with E-state index in [1.807, 2.05) is 0 Å². The second-order valence-corrected chi connectivity index (χ2v) is 6.92. The quantitative estimate of drug-likeness (QED) is 0.695. The van der Waals surface area contributed by atoms with Crippen molar-refractivity contribution in [2.45, 2.75) is 12.3 Å². The van der Waals surface area contributed by atoms with Crippen LogP contribution in [0.3, 0.4) is 0 Å². The van der Waals surface area contributed by atoms with Crippen LogP contribution in [-0.4, -0.2) is 37.0 Å². The van der Waals surface area contributed by atoms with Gasteiger partial charge in [0.05, 0.1) is 41.1 Å². The average Bonchev–Trinajstić information content (AvgIpc) is 2.61. The van der Waals surface area contributed by atoms with Gasteiger partial charge in [-0.15, -0.1) is 0 Å². The van der Waals surface area contributed by atoms with Gasteiger partial charge in [-0.1, -0.05) is 11.8 Å². The monoisotopic (exact) mass is 426 g/mol. The lowest BCUT2D eigenvalue weighted by Crippen LogP contribution is -2.31. The third kappa shape index (κ3) is 4.27. The normalized spacial score (nSPS) is 16.9. The van der Waals surface area contributed by atoms with E-state index >= 15 is 0 Å². The molecule has 2 N–H and O–H groups in total. The molecule has 1 aliphatic heterocycles. The van der Waals surface area contributed by atoms with E-state index in [2.05, 4.69) is 32.1 Å². The van der Waals surface area contributed by atoms with Crippen LogP contribution in [0.1, 0.15) is 17.9 Å². The fourth-order valence-electron chi connectivity index (χ4n) is 2.36. The molecular weight excluding hydrogens is 412 g/mol. The van der Waals surface area contributed by atoms with Gasteiger partial charge in [0.1, 0.15) is 0 Å². The number of carbonyl (C=O) groups excluding carboxylic acids is 2. The van der Waals surface area contributed by atoms with Gasteiger partial charge in [-0.05, 0) is 33.6 Å². The number of aromatic hydroxyl groups is 1. The Labute approximate surface area is 157 Å². The zero-order valence-corrected chi connectivity index (χ0v) is 15.9. The minimum Gasteiger partial charge on any atom is -0.503 e. The number of ether oxygens (including phenoxy) is 2. The highest BCUT2D eigenvalue weighted by Gasteiger charge is 2.31. The van der Waals surface area contributed by atoms with E-state index in [9.17, 15) is 20.0 Å². The molecule has 1 unspecified atom stereocenters. The number of benzene rings is 1. The van der Waals surface area contributed by atoms with Gasteiger partial charge in [0, 0.05) is 12.3 Å². The molecule has 132 valence electrons. The predicted octanol–water partition coefficient (Wildman–Crippen LogP) is 2.41. The first-order chi connectivity index (χ1) is 11.9. The van der Waals surface area contributed by atoms with E-state index in [-0.39, 0.29) is 29.6 Å². The number of nitrogens with one attached hydrogen (secondary N) is 1. The number of allylic oxidation sites excluding steroid dienone is 1. The van der Waals surface area contributed by atoms with E-state index in [0.29, 0.717) is 20.6 Å². The maximum Gasteiger partial charge on any atom is 0.316 e. The van der Waals surface area contributed by atoms with E-state index in [0.717, 1.165) is 11.8 Å². The van der Waals surface area contributed by atoms with E-state index < -0.39 is 11.9 Å². The number of esters is 1. The van der Waals surface area contributed by atoms with E-state index in [1.54, 1.807) is 12.1 Å². The molecule has 1 heterocycles. The Kier molecular flexibility index (Phi) is 6.33. The van der Waals surface area contributed by atoms with Crippen LogP contribution in [0.25, 0.3) is 0 Å². The van der Waals surface area contributed by atoms with Gasteiger partial charge in [-0.25, -0.2) is 0 Å². The Balaban J connectivity index is 2.45. The summed E-state index contributed by atoms with van der Waals surface area (Å²) in [6, 6.07) is 5.34. The van der Waals surface area contributed by atoms with Crippen LogP contribution < -0.4 is 10.1 Å². The predicted molar refractivity (Wildman–Crippen MR) is 95.0 cm³/mol. The zero-order chi connectivity index (χ0) is 18.6. The van der Waals surface area contributed by atoms with E-state index in [4.69, 9.17) is 4.74 Å². The van der Waals surface area contributed by atoms with Crippen molar-refractivity contribution < 1.29 is 24.2 Å². The lowest BCUT2D eigenvalue weighted by molar-refractivity contribution is -0.137. The summed E-state index contributed by atoms with van der Waals surface area (Å²) >= 11 is 4.28. The maximum atomic E-state index is 12.1. The largest absolute Gasteiger partial charge is 0.503 e. The molecule has 0 spiro atoms. The molecule has 0 aromatic heterocycles. The van der Waals surface area contributed by atoms with Crippen LogP contribution in [0, 0.1) is 11.3 Å². The van der Waals surface area contributed by atoms with Crippen molar-refractivity contribution >= 4 is 39.6 Å². The second kappa shape index (κ2) is 8.27. The third-order valence-electron chi connectivity index (χ3n) is 3.59. The maximum absolute atomic E-state index is 12.1. The Bertz CT molecular complexity index is 787. The van der Waals surface area contributed by atoms with Crippen molar-refractivity contribution in [3.8, 4) is 17.6 Å². The highest BCUT2D eigenvalue weighted by molar-refractivity contribution is 9.10. The Hall–Kier alpha value is -2.18. The summed E-state index contributed by atoms with van der Waals surface area (Å²) in [6.45, 7) is 0. The van der Waals surface area contributed by atoms with Gasteiger partial charge in [-0.3, -0.25) is 9.59 Å². The number of nitrogens with zero attached hydrogens (tertiary/aromatic N) is 1. The Morgan fingerprint density at radius 3 is 2.84 bits per heavy atom. The van der Waals surface area contributed by atoms with E-state index in [1.165, 1.54) is 14.2 Å². The van der Waals surface area contributed by atoms with Crippen molar-refractivity contribution in [3.05, 3.63) is 32.8 Å². The fourth-order valence-corrected chi connectivity index (χ4v) is 3.73. The van der Waals surface area contributed by atoms with Crippen molar-refractivity contribution in [1.82, 2.24) is 5.32 Å². The molecule has 0 radical (unpaired) electrons. The molecule has 0 saturated heterocycles. The summed E-state index contributed by atoms with van der Waals surface area (Å²) < 4.78 is 10.1. The molecule has 1 atom stereocenters. The summed E-state index contributed by atoms with van der Waals surface area (Å²) in [5.74, 6) is -1.08. The zero-order valence-electron chi connectivity index (χ0n) is 13.5. The SMILES string of the molecule is COC(=O)CSC1=C(C#N)C(c2cc(Br)c(O)c(OC)c2)CC(=O)N1. The molecule has 25 heavy (non-hydrogen) atoms. The Morgan fingerprint density at radius 1 is 1.52 bits per heavy atom. The second-order valence-electron chi connectivity index (χ2n) is 5.08. The minimum absolute atomic E-state index is 0.0212. The topological polar surface area (TPSA) is 109 Å². The fraction of sp³-hybridized carbons (Fsp3) is 0.312. The summed E-state index contributed by atoms with van der Waals surface area (Å²) in [6.07, 6.45) is 0.0749. The number of nitriles is 1. The lowest BCUT2D eigenvalue weighted by Gasteiger charge is -2.25. The number of carbonyl (C=O) groups is 2. The number of hydrogen-bond donors (Lipinski definition) is 2. The lowest BCUT2D eigenvalue weighted by atomic mass is 9.87. The number of hydrogen-bond acceptors (Lipinski definition) is 7. The number of phenolic OH excluding ortho intramolecular Hbond substituents is 1. The molecule has 1 aliphatic rings. The van der Waals surface area contributed by atoms with Crippen molar-refractivity contribution in [2.24, 2.45) is 0 Å². The molecule has 7 nitrogen and oxygen atoms in total. The standard InChI is InChI=1S/C16H15BrN2O5S/c1-23-12-4-8(3-11(17)15(12)22)9-5-13(20)19-16(10(9)6-18)25-7-14(21)24-2/h3-4,9,22H,5,7H2,1-2H3,(H,19,20). The summed E-state index contributed by atoms with van der Waals surface area (Å²) in [7, 11) is 2.68. The van der Waals surface area contributed by atoms with Gasteiger partial charge in [0.25, 0.3) is 0 Å². The summed E-state index contributed by atoms with van der Waals surface area (Å²) in [4.78, 5) is 23.4. The number of thioether (sulfide) groups is 1. The van der Waals surface area contributed by atoms with Gasteiger partial charge in [0.2, 0.25) is 5.91 Å². The molecule has 1 amide bonds. The van der Waals surface area contributed by atoms with Crippen LogP contribution in [-0.2, 0) is 14.3 Å². The number of methoxy groups -OCH3 is 2. The van der Waals surface area contributed by atoms with Crippen molar-refractivity contribution in [1.29, 1.82) is 5.26 Å². The summed E-state index contributed by atoms with van der Waals surface area (Å²) in [5, 5.41) is 22.5. The van der Waals surface area contributed by atoms with Gasteiger partial charge < -0.3 is 19.9 Å². The summed E-state index contributed by atoms with van der Waals surface area (Å²) in [5.41, 5.74) is 0.984. The first kappa shape index (κ1) is 19.1. The molecule has 1 aromatic carbocycles. The molecule has 0 fully saturated rings. The van der Waals surface area contributed by atoms with Gasteiger partial charge in [-0.2, -0.15) is 5.26 Å². The van der Waals surface area contributed by atoms with Gasteiger partial charge in [0.15, 0.2) is 11.5 Å². The molecule has 0 saturated carbocycles. The van der Waals surface area contributed by atoms with Crippen molar-refractivity contribution in [2.75, 3.05) is 20.0 Å². The van der Waals surface area contributed by atoms with Gasteiger partial charge >= 0.3 is 5.97 Å². The third-order valence-corrected chi connectivity index (χ3v) is 5.19. The molecule has 2 rings (SSSR count). The molecule has 1 aromatic rings. The number of halogens is 1. The van der Waals surface area contributed by atoms with Crippen LogP contribution in [0.15, 0.2) is 27.2 Å². The first-order valence-corrected chi connectivity index (χ1v) is 8.89. The van der Waals surface area contributed by atoms with Crippen LogP contribution in [0.4, 0.5) is 0 Å². The highest BCUT2D eigenvalue weighted by atomic mass is 79.9. The van der Waals surface area contributed by atoms with Crippen LogP contribution in [0.5, 0.6) is 11.5 Å². The Morgan fingerprint density at radius 2 is 2.24 bits per heavy atom. The minimum atomic E-state index is -0.510. The first-order valence-electron chi connectivity index (χ1n) is 7.11. The average molecular weight is 427 g/mol. The number of amides is 1. The molecule has 9 heteroatoms. The van der Waals surface area contributed by atoms with Crippen LogP contribution >= 0.6 is 27.7 Å². The highest BCUT2D eigenvalue weighted by Crippen LogP contribution is 2.42. The van der Waals surface area contributed by atoms with Crippen LogP contribution in [0.2, 0.25) is 0 Å². The number of phenols is 1. The molecule has 0 aliphatic carbocycles. The smallest absolute Gasteiger partial charge is 0.316 e. The number of rotatable bonds is 5. The molecule has 0 bridgehead atoms.